The molecule has 1 atom stereocenters. The van der Waals surface area contributed by atoms with Crippen LogP contribution in [0.3, 0.4) is 0 Å². The van der Waals surface area contributed by atoms with Gasteiger partial charge in [0.15, 0.2) is 5.82 Å². The predicted molar refractivity (Wildman–Crippen MR) is 107 cm³/mol. The van der Waals surface area contributed by atoms with E-state index in [1.54, 1.807) is 37.8 Å². The first-order chi connectivity index (χ1) is 13.9. The molecule has 0 aliphatic heterocycles. The molecular weight excluding hydrogens is 376 g/mol. The maximum atomic E-state index is 12.4. The van der Waals surface area contributed by atoms with Crippen molar-refractivity contribution in [3.63, 3.8) is 0 Å². The molecule has 3 aromatic rings. The zero-order valence-corrected chi connectivity index (χ0v) is 15.6. The number of hydrogen-bond donors (Lipinski definition) is 4. The average Bonchev–Trinajstić information content (AvgIpc) is 3.22. The van der Waals surface area contributed by atoms with Gasteiger partial charge in [0.25, 0.3) is 11.5 Å². The van der Waals surface area contributed by atoms with Gasteiger partial charge in [-0.2, -0.15) is 4.98 Å². The molecule has 1 amide bonds. The summed E-state index contributed by atoms with van der Waals surface area (Å²) in [7, 11) is 0. The Balaban J connectivity index is 1.95. The van der Waals surface area contributed by atoms with Crippen molar-refractivity contribution in [3.8, 4) is 5.69 Å². The summed E-state index contributed by atoms with van der Waals surface area (Å²) in [5.74, 6) is 4.96. The summed E-state index contributed by atoms with van der Waals surface area (Å²) < 4.78 is 1.82. The summed E-state index contributed by atoms with van der Waals surface area (Å²) in [6, 6.07) is 6.72. The monoisotopic (exact) mass is 396 g/mol. The minimum Gasteiger partial charge on any atom is -0.365 e. The highest BCUT2D eigenvalue weighted by Gasteiger charge is 2.20. The quantitative estimate of drug-likeness (QED) is 0.242. The highest BCUT2D eigenvalue weighted by atomic mass is 16.2. The van der Waals surface area contributed by atoms with Gasteiger partial charge in [0.2, 0.25) is 5.95 Å². The van der Waals surface area contributed by atoms with Crippen LogP contribution in [0.4, 0.5) is 17.5 Å². The number of H-pyrrole nitrogens is 1. The number of anilines is 3. The van der Waals surface area contributed by atoms with E-state index in [9.17, 15) is 14.4 Å². The van der Waals surface area contributed by atoms with E-state index in [1.807, 2.05) is 16.7 Å². The van der Waals surface area contributed by atoms with E-state index in [0.717, 1.165) is 10.7 Å². The summed E-state index contributed by atoms with van der Waals surface area (Å²) in [5.41, 5.74) is 5.73. The number of carbonyl (C=O) groups is 2. The lowest BCUT2D eigenvalue weighted by Crippen LogP contribution is -2.42. The molecule has 11 heteroatoms. The topological polar surface area (TPSA) is 165 Å². The number of aldehydes is 1. The summed E-state index contributed by atoms with van der Waals surface area (Å²) in [5, 5.41) is 4.07. The van der Waals surface area contributed by atoms with Gasteiger partial charge in [-0.15, -0.1) is 0 Å². The van der Waals surface area contributed by atoms with Crippen LogP contribution in [0.1, 0.15) is 23.7 Å². The normalized spacial score (nSPS) is 11.7. The molecule has 0 spiro atoms. The lowest BCUT2D eigenvalue weighted by Gasteiger charge is -2.23. The molecule has 1 unspecified atom stereocenters. The van der Waals surface area contributed by atoms with Gasteiger partial charge >= 0.3 is 0 Å². The highest BCUT2D eigenvalue weighted by Crippen LogP contribution is 2.20. The minimum absolute atomic E-state index is 0.00751. The summed E-state index contributed by atoms with van der Waals surface area (Å²) in [4.78, 5) is 45.5. The number of aromatic nitrogens is 4. The fourth-order valence-electron chi connectivity index (χ4n) is 2.63. The van der Waals surface area contributed by atoms with Crippen molar-refractivity contribution < 1.29 is 9.59 Å². The number of benzene rings is 1. The van der Waals surface area contributed by atoms with E-state index in [0.29, 0.717) is 12.0 Å². The van der Waals surface area contributed by atoms with Gasteiger partial charge in [0.1, 0.15) is 11.8 Å². The van der Waals surface area contributed by atoms with Crippen molar-refractivity contribution in [2.24, 2.45) is 11.6 Å². The number of primary amides is 1. The molecule has 11 nitrogen and oxygen atoms in total. The standard InChI is InChI=1S/C18H20N8O3/c1-11(6-9-27)26(20)18-23-16(14(15(19)28)17(29)24-18)22-12-2-4-13(5-3-12)25-8-7-21-10-25/h2-5,7-11H,6,20H2,1H3,(H2,19,28)(H2,22,23,24,29). The van der Waals surface area contributed by atoms with Gasteiger partial charge in [-0.1, -0.05) is 0 Å². The fourth-order valence-corrected chi connectivity index (χ4v) is 2.63. The van der Waals surface area contributed by atoms with Crippen molar-refractivity contribution in [1.29, 1.82) is 0 Å². The Morgan fingerprint density at radius 1 is 1.38 bits per heavy atom. The Morgan fingerprint density at radius 3 is 2.69 bits per heavy atom. The van der Waals surface area contributed by atoms with Crippen LogP contribution in [0, 0.1) is 0 Å². The number of nitrogens with zero attached hydrogens (tertiary/aromatic N) is 4. The number of rotatable bonds is 8. The van der Waals surface area contributed by atoms with Gasteiger partial charge in [-0.3, -0.25) is 19.6 Å². The third-order valence-corrected chi connectivity index (χ3v) is 4.24. The third kappa shape index (κ3) is 4.30. The first-order valence-electron chi connectivity index (χ1n) is 8.67. The molecule has 0 radical (unpaired) electrons. The lowest BCUT2D eigenvalue weighted by atomic mass is 10.2. The summed E-state index contributed by atoms with van der Waals surface area (Å²) >= 11 is 0. The van der Waals surface area contributed by atoms with Crippen LogP contribution in [-0.2, 0) is 4.79 Å². The second-order valence-electron chi connectivity index (χ2n) is 6.28. The minimum atomic E-state index is -0.938. The summed E-state index contributed by atoms with van der Waals surface area (Å²) in [6.07, 6.45) is 5.97. The Hall–Kier alpha value is -3.99. The molecule has 0 saturated carbocycles. The summed E-state index contributed by atoms with van der Waals surface area (Å²) in [6.45, 7) is 1.69. The Labute approximate surface area is 165 Å². The van der Waals surface area contributed by atoms with Crippen LogP contribution in [0.15, 0.2) is 47.8 Å². The van der Waals surface area contributed by atoms with Crippen molar-refractivity contribution in [1.82, 2.24) is 19.5 Å². The Bertz CT molecular complexity index is 1060. The van der Waals surface area contributed by atoms with Gasteiger partial charge in [0.05, 0.1) is 12.4 Å². The number of aromatic amines is 1. The van der Waals surface area contributed by atoms with E-state index in [2.05, 4.69) is 20.3 Å². The number of nitrogens with one attached hydrogen (secondary N) is 2. The largest absolute Gasteiger partial charge is 0.365 e. The first kappa shape index (κ1) is 19.8. The molecule has 0 aliphatic carbocycles. The zero-order chi connectivity index (χ0) is 21.0. The van der Waals surface area contributed by atoms with Crippen LogP contribution in [0.5, 0.6) is 0 Å². The van der Waals surface area contributed by atoms with Crippen LogP contribution < -0.4 is 27.5 Å². The van der Waals surface area contributed by atoms with E-state index in [4.69, 9.17) is 11.6 Å². The smallest absolute Gasteiger partial charge is 0.267 e. The van der Waals surface area contributed by atoms with Gasteiger partial charge in [-0.25, -0.2) is 10.8 Å². The molecule has 2 heterocycles. The van der Waals surface area contributed by atoms with Crippen LogP contribution >= 0.6 is 0 Å². The molecule has 150 valence electrons. The van der Waals surface area contributed by atoms with Gasteiger partial charge < -0.3 is 20.4 Å². The highest BCUT2D eigenvalue weighted by molar-refractivity contribution is 5.98. The molecule has 0 aliphatic rings. The number of imidazole rings is 1. The maximum absolute atomic E-state index is 12.4. The van der Waals surface area contributed by atoms with E-state index in [-0.39, 0.29) is 23.8 Å². The number of carbonyl (C=O) groups excluding carboxylic acids is 2. The average molecular weight is 396 g/mol. The number of nitrogens with two attached hydrogens (primary N) is 2. The number of hydrogen-bond acceptors (Lipinski definition) is 8. The molecule has 2 aromatic heterocycles. The van der Waals surface area contributed by atoms with Gasteiger partial charge in [0, 0.05) is 30.2 Å². The molecule has 0 fully saturated rings. The molecule has 6 N–H and O–H groups in total. The molecule has 29 heavy (non-hydrogen) atoms. The molecule has 0 saturated heterocycles. The maximum Gasteiger partial charge on any atom is 0.267 e. The van der Waals surface area contributed by atoms with E-state index >= 15 is 0 Å². The van der Waals surface area contributed by atoms with E-state index < -0.39 is 17.5 Å². The number of hydrazine groups is 1. The van der Waals surface area contributed by atoms with Crippen molar-refractivity contribution in [3.05, 3.63) is 58.9 Å². The van der Waals surface area contributed by atoms with Crippen LogP contribution in [0.2, 0.25) is 0 Å². The molecule has 3 rings (SSSR count). The second-order valence-corrected chi connectivity index (χ2v) is 6.28. The van der Waals surface area contributed by atoms with Gasteiger partial charge in [-0.05, 0) is 31.2 Å². The van der Waals surface area contributed by atoms with Crippen molar-refractivity contribution in [2.75, 3.05) is 10.3 Å². The molecular formula is C18H20N8O3. The first-order valence-corrected chi connectivity index (χ1v) is 8.67. The third-order valence-electron chi connectivity index (χ3n) is 4.24. The number of amides is 1. The Morgan fingerprint density at radius 2 is 2.10 bits per heavy atom. The molecule has 1 aromatic carbocycles. The van der Waals surface area contributed by atoms with Crippen LogP contribution in [0.25, 0.3) is 5.69 Å². The van der Waals surface area contributed by atoms with Crippen LogP contribution in [-0.4, -0.2) is 37.8 Å². The lowest BCUT2D eigenvalue weighted by molar-refractivity contribution is -0.108. The second kappa shape index (κ2) is 8.35. The van der Waals surface area contributed by atoms with Crippen molar-refractivity contribution >= 4 is 29.6 Å². The van der Waals surface area contributed by atoms with Crippen molar-refractivity contribution in [2.45, 2.75) is 19.4 Å². The van der Waals surface area contributed by atoms with E-state index in [1.165, 1.54) is 0 Å². The molecule has 0 bridgehead atoms. The Kier molecular flexibility index (Phi) is 5.69. The fraction of sp³-hybridized carbons (Fsp3) is 0.167. The SMILES string of the molecule is CC(CC=O)N(N)c1nc(Nc2ccc(-n3ccnc3)cc2)c(C(N)=O)c(=O)[nH]1. The zero-order valence-electron chi connectivity index (χ0n) is 15.6. The predicted octanol–water partition coefficient (Wildman–Crippen LogP) is 0.456.